The average Bonchev–Trinajstić information content (AvgIpc) is 2.47. The first-order valence-electron chi connectivity index (χ1n) is 7.75. The molecule has 2 aliphatic heterocycles. The Labute approximate surface area is 126 Å². The van der Waals surface area contributed by atoms with Crippen molar-refractivity contribution < 1.29 is 9.84 Å². The summed E-state index contributed by atoms with van der Waals surface area (Å²) >= 11 is 0. The maximum atomic E-state index is 10.4. The summed E-state index contributed by atoms with van der Waals surface area (Å²) in [4.78, 5) is 4.91. The number of nitrogens with zero attached hydrogens (tertiary/aromatic N) is 2. The smallest absolute Gasteiger partial charge is 0.119 e. The quantitative estimate of drug-likeness (QED) is 0.818. The first-order valence-corrected chi connectivity index (χ1v) is 7.75. The second-order valence-corrected chi connectivity index (χ2v) is 5.94. The van der Waals surface area contributed by atoms with Crippen LogP contribution < -0.4 is 10.1 Å². The molecule has 2 saturated heterocycles. The number of nitrogens with one attached hydrogen (secondary N) is 1. The zero-order valence-electron chi connectivity index (χ0n) is 12.7. The van der Waals surface area contributed by atoms with E-state index in [4.69, 9.17) is 4.74 Å². The molecule has 5 heteroatoms. The summed E-state index contributed by atoms with van der Waals surface area (Å²) in [6.07, 6.45) is -0.447. The Morgan fingerprint density at radius 1 is 1.29 bits per heavy atom. The van der Waals surface area contributed by atoms with Crippen LogP contribution in [0, 0.1) is 0 Å². The summed E-state index contributed by atoms with van der Waals surface area (Å²) in [7, 11) is 1.65. The van der Waals surface area contributed by atoms with Gasteiger partial charge in [0.15, 0.2) is 0 Å². The number of β-amino-alcohol motifs (C(OH)–C–C–N with tert-alkyl or cyclic N) is 1. The van der Waals surface area contributed by atoms with Crippen molar-refractivity contribution in [1.82, 2.24) is 15.1 Å². The third-order valence-corrected chi connectivity index (χ3v) is 4.59. The summed E-state index contributed by atoms with van der Waals surface area (Å²) in [5.74, 6) is 0.800. The van der Waals surface area contributed by atoms with Gasteiger partial charge in [0.25, 0.3) is 0 Å². The van der Waals surface area contributed by atoms with E-state index in [2.05, 4.69) is 15.1 Å². The Hall–Kier alpha value is -1.14. The molecule has 0 saturated carbocycles. The van der Waals surface area contributed by atoms with Gasteiger partial charge < -0.3 is 15.2 Å². The second-order valence-electron chi connectivity index (χ2n) is 5.94. The molecule has 2 fully saturated rings. The van der Waals surface area contributed by atoms with Crippen LogP contribution in [0.3, 0.4) is 0 Å². The molecule has 1 unspecified atom stereocenters. The topological polar surface area (TPSA) is 48.0 Å². The maximum absolute atomic E-state index is 10.4. The van der Waals surface area contributed by atoms with Gasteiger partial charge in [-0.15, -0.1) is 0 Å². The minimum absolute atomic E-state index is 0.447. The second kappa shape index (κ2) is 6.75. The fraction of sp³-hybridized carbons (Fsp3) is 0.625. The number of rotatable bonds is 5. The molecule has 5 nitrogen and oxygen atoms in total. The van der Waals surface area contributed by atoms with E-state index in [0.717, 1.165) is 56.6 Å². The Balaban J connectivity index is 1.49. The van der Waals surface area contributed by atoms with Crippen LogP contribution in [0.4, 0.5) is 0 Å². The largest absolute Gasteiger partial charge is 0.497 e. The SMILES string of the molecule is COc1cccc(C(O)CN2CCN(C3CNC3)CC2)c1. The number of piperazine rings is 1. The van der Waals surface area contributed by atoms with Crippen LogP contribution in [-0.4, -0.2) is 73.9 Å². The summed E-state index contributed by atoms with van der Waals surface area (Å²) in [5, 5.41) is 13.7. The van der Waals surface area contributed by atoms with Crippen molar-refractivity contribution in [2.24, 2.45) is 0 Å². The van der Waals surface area contributed by atoms with Gasteiger partial charge in [-0.05, 0) is 17.7 Å². The van der Waals surface area contributed by atoms with Crippen molar-refractivity contribution >= 4 is 0 Å². The van der Waals surface area contributed by atoms with Crippen LogP contribution in [0.2, 0.25) is 0 Å². The molecule has 2 heterocycles. The van der Waals surface area contributed by atoms with Crippen LogP contribution in [-0.2, 0) is 0 Å². The highest BCUT2D eigenvalue weighted by Crippen LogP contribution is 2.20. The van der Waals surface area contributed by atoms with Gasteiger partial charge in [0.2, 0.25) is 0 Å². The molecule has 21 heavy (non-hydrogen) atoms. The van der Waals surface area contributed by atoms with Crippen molar-refractivity contribution in [2.45, 2.75) is 12.1 Å². The molecule has 0 spiro atoms. The lowest BCUT2D eigenvalue weighted by atomic mass is 10.1. The summed E-state index contributed by atoms with van der Waals surface area (Å²) < 4.78 is 5.22. The Bertz CT molecular complexity index is 457. The van der Waals surface area contributed by atoms with E-state index < -0.39 is 6.10 Å². The van der Waals surface area contributed by atoms with Gasteiger partial charge in [-0.1, -0.05) is 12.1 Å². The van der Waals surface area contributed by atoms with Crippen molar-refractivity contribution in [3.8, 4) is 5.75 Å². The first kappa shape index (κ1) is 14.8. The van der Waals surface area contributed by atoms with E-state index in [1.54, 1.807) is 7.11 Å². The molecule has 3 rings (SSSR count). The van der Waals surface area contributed by atoms with Gasteiger partial charge in [-0.2, -0.15) is 0 Å². The number of methoxy groups -OCH3 is 1. The third-order valence-electron chi connectivity index (χ3n) is 4.59. The van der Waals surface area contributed by atoms with Gasteiger partial charge in [-0.25, -0.2) is 0 Å². The van der Waals surface area contributed by atoms with E-state index in [0.29, 0.717) is 6.54 Å². The van der Waals surface area contributed by atoms with Crippen molar-refractivity contribution in [2.75, 3.05) is 52.9 Å². The summed E-state index contributed by atoms with van der Waals surface area (Å²) in [5.41, 5.74) is 0.931. The van der Waals surface area contributed by atoms with Gasteiger partial charge in [-0.3, -0.25) is 9.80 Å². The number of ether oxygens (including phenoxy) is 1. The monoisotopic (exact) mass is 291 g/mol. The van der Waals surface area contributed by atoms with Crippen molar-refractivity contribution in [3.63, 3.8) is 0 Å². The fourth-order valence-electron chi connectivity index (χ4n) is 3.04. The normalized spacial score (nSPS) is 22.8. The van der Waals surface area contributed by atoms with Crippen molar-refractivity contribution in [1.29, 1.82) is 0 Å². The lowest BCUT2D eigenvalue weighted by Crippen LogP contribution is -2.61. The van der Waals surface area contributed by atoms with Gasteiger partial charge in [0.05, 0.1) is 13.2 Å². The molecular weight excluding hydrogens is 266 g/mol. The van der Waals surface area contributed by atoms with Gasteiger partial charge in [0.1, 0.15) is 5.75 Å². The minimum Gasteiger partial charge on any atom is -0.497 e. The van der Waals surface area contributed by atoms with Gasteiger partial charge >= 0.3 is 0 Å². The molecule has 1 atom stereocenters. The van der Waals surface area contributed by atoms with E-state index in [1.807, 2.05) is 24.3 Å². The molecule has 1 aromatic rings. The van der Waals surface area contributed by atoms with Crippen LogP contribution in [0.1, 0.15) is 11.7 Å². The Morgan fingerprint density at radius 2 is 2.05 bits per heavy atom. The molecular formula is C16H25N3O2. The Morgan fingerprint density at radius 3 is 2.67 bits per heavy atom. The lowest BCUT2D eigenvalue weighted by Gasteiger charge is -2.43. The van der Waals surface area contributed by atoms with E-state index in [-0.39, 0.29) is 0 Å². The first-order chi connectivity index (χ1) is 10.3. The van der Waals surface area contributed by atoms with E-state index >= 15 is 0 Å². The molecule has 1 aromatic carbocycles. The molecule has 0 aliphatic carbocycles. The predicted molar refractivity (Wildman–Crippen MR) is 82.6 cm³/mol. The molecule has 0 bridgehead atoms. The number of benzene rings is 1. The maximum Gasteiger partial charge on any atom is 0.119 e. The highest BCUT2D eigenvalue weighted by molar-refractivity contribution is 5.29. The third kappa shape index (κ3) is 3.55. The summed E-state index contributed by atoms with van der Waals surface area (Å²) in [6, 6.07) is 8.45. The Kier molecular flexibility index (Phi) is 4.75. The molecule has 0 radical (unpaired) electrons. The van der Waals surface area contributed by atoms with Crippen LogP contribution in [0.25, 0.3) is 0 Å². The standard InChI is InChI=1S/C16H25N3O2/c1-21-15-4-2-3-13(9-15)16(20)12-18-5-7-19(8-6-18)14-10-17-11-14/h2-4,9,14,16-17,20H,5-8,10-12H2,1H3. The minimum atomic E-state index is -0.447. The molecule has 116 valence electrons. The number of hydrogen-bond donors (Lipinski definition) is 2. The fourth-order valence-corrected chi connectivity index (χ4v) is 3.04. The summed E-state index contributed by atoms with van der Waals surface area (Å²) in [6.45, 7) is 7.26. The highest BCUT2D eigenvalue weighted by atomic mass is 16.5. The number of aliphatic hydroxyl groups excluding tert-OH is 1. The molecule has 2 N–H and O–H groups in total. The van der Waals surface area contributed by atoms with Crippen LogP contribution in [0.15, 0.2) is 24.3 Å². The van der Waals surface area contributed by atoms with E-state index in [9.17, 15) is 5.11 Å². The zero-order valence-corrected chi connectivity index (χ0v) is 12.7. The van der Waals surface area contributed by atoms with Crippen molar-refractivity contribution in [3.05, 3.63) is 29.8 Å². The van der Waals surface area contributed by atoms with E-state index in [1.165, 1.54) is 0 Å². The number of hydrogen-bond acceptors (Lipinski definition) is 5. The molecule has 0 amide bonds. The van der Waals surface area contributed by atoms with Crippen LogP contribution >= 0.6 is 0 Å². The van der Waals surface area contributed by atoms with Crippen LogP contribution in [0.5, 0.6) is 5.75 Å². The molecule has 0 aromatic heterocycles. The average molecular weight is 291 g/mol. The lowest BCUT2D eigenvalue weighted by molar-refractivity contribution is 0.0439. The molecule has 2 aliphatic rings. The van der Waals surface area contributed by atoms with Gasteiger partial charge in [0, 0.05) is 51.9 Å². The highest BCUT2D eigenvalue weighted by Gasteiger charge is 2.28. The number of aliphatic hydroxyl groups is 1. The zero-order chi connectivity index (χ0) is 14.7. The predicted octanol–water partition coefficient (Wildman–Crippen LogP) is 0.318.